The Hall–Kier alpha value is -0.730. The SMILES string of the molecule is O=NC(=O)C1CC1. The molecule has 1 aliphatic carbocycles. The zero-order valence-electron chi connectivity index (χ0n) is 3.76. The molecule has 1 amide bonds. The molecule has 0 aromatic heterocycles. The Kier molecular flexibility index (Phi) is 0.889. The van der Waals surface area contributed by atoms with Gasteiger partial charge >= 0.3 is 0 Å². The van der Waals surface area contributed by atoms with Crippen molar-refractivity contribution < 1.29 is 4.79 Å². The van der Waals surface area contributed by atoms with E-state index < -0.39 is 5.91 Å². The minimum absolute atomic E-state index is 0.00231. The summed E-state index contributed by atoms with van der Waals surface area (Å²) < 4.78 is 0. The van der Waals surface area contributed by atoms with Crippen molar-refractivity contribution in [3.8, 4) is 0 Å². The third kappa shape index (κ3) is 0.824. The zero-order valence-corrected chi connectivity index (χ0v) is 3.76. The van der Waals surface area contributed by atoms with Crippen LogP contribution in [0.1, 0.15) is 12.8 Å². The van der Waals surface area contributed by atoms with Gasteiger partial charge in [0, 0.05) is 11.1 Å². The fourth-order valence-corrected chi connectivity index (χ4v) is 0.405. The van der Waals surface area contributed by atoms with Crippen molar-refractivity contribution in [1.82, 2.24) is 0 Å². The molecule has 0 aromatic rings. The standard InChI is InChI=1S/C4H5NO2/c6-4(5-7)3-1-2-3/h3H,1-2H2. The lowest BCUT2D eigenvalue weighted by Crippen LogP contribution is -1.91. The molecule has 0 aliphatic heterocycles. The Bertz CT molecular complexity index is 106. The van der Waals surface area contributed by atoms with E-state index in [1.54, 1.807) is 0 Å². The third-order valence-corrected chi connectivity index (χ3v) is 1.02. The molecule has 0 unspecified atom stereocenters. The van der Waals surface area contributed by atoms with E-state index in [1.165, 1.54) is 0 Å². The molecule has 1 saturated carbocycles. The predicted molar refractivity (Wildman–Crippen MR) is 23.5 cm³/mol. The monoisotopic (exact) mass is 99.0 g/mol. The molecule has 1 aliphatic rings. The van der Waals surface area contributed by atoms with Crippen molar-refractivity contribution in [3.05, 3.63) is 4.91 Å². The minimum Gasteiger partial charge on any atom is -0.269 e. The molecule has 1 fully saturated rings. The van der Waals surface area contributed by atoms with Crippen LogP contribution in [0, 0.1) is 10.8 Å². The molecule has 7 heavy (non-hydrogen) atoms. The maximum atomic E-state index is 10.1. The van der Waals surface area contributed by atoms with Crippen LogP contribution in [-0.4, -0.2) is 5.91 Å². The van der Waals surface area contributed by atoms with E-state index in [9.17, 15) is 9.70 Å². The highest BCUT2D eigenvalue weighted by Crippen LogP contribution is 2.29. The number of carbonyl (C=O) groups is 1. The largest absolute Gasteiger partial charge is 0.289 e. The van der Waals surface area contributed by atoms with E-state index in [2.05, 4.69) is 5.18 Å². The van der Waals surface area contributed by atoms with E-state index in [0.29, 0.717) is 0 Å². The molecule has 38 valence electrons. The first-order chi connectivity index (χ1) is 3.34. The first kappa shape index (κ1) is 4.43. The van der Waals surface area contributed by atoms with Crippen LogP contribution in [0.2, 0.25) is 0 Å². The summed E-state index contributed by atoms with van der Waals surface area (Å²) in [5.74, 6) is -0.475. The van der Waals surface area contributed by atoms with Gasteiger partial charge in [0.05, 0.1) is 0 Å². The van der Waals surface area contributed by atoms with Gasteiger partial charge in [0.25, 0.3) is 5.91 Å². The number of nitrogens with zero attached hydrogens (tertiary/aromatic N) is 1. The molecule has 0 spiro atoms. The summed E-state index contributed by atoms with van der Waals surface area (Å²) in [6.07, 6.45) is 1.73. The average Bonchev–Trinajstić information content (AvgIpc) is 2.44. The second-order valence-corrected chi connectivity index (χ2v) is 1.70. The van der Waals surface area contributed by atoms with E-state index in [-0.39, 0.29) is 5.92 Å². The summed E-state index contributed by atoms with van der Waals surface area (Å²) in [4.78, 5) is 19.5. The van der Waals surface area contributed by atoms with Crippen LogP contribution < -0.4 is 0 Å². The van der Waals surface area contributed by atoms with Crippen molar-refractivity contribution in [2.45, 2.75) is 12.8 Å². The van der Waals surface area contributed by atoms with Gasteiger partial charge < -0.3 is 0 Å². The van der Waals surface area contributed by atoms with E-state index in [1.807, 2.05) is 0 Å². The summed E-state index contributed by atoms with van der Waals surface area (Å²) in [6, 6.07) is 0. The number of nitroso groups, excluding NO2 is 1. The van der Waals surface area contributed by atoms with Gasteiger partial charge in [-0.3, -0.25) is 4.79 Å². The van der Waals surface area contributed by atoms with Crippen molar-refractivity contribution in [3.63, 3.8) is 0 Å². The smallest absolute Gasteiger partial charge is 0.269 e. The Balaban J connectivity index is 2.37. The van der Waals surface area contributed by atoms with Crippen LogP contribution in [0.5, 0.6) is 0 Å². The van der Waals surface area contributed by atoms with Gasteiger partial charge in [0.1, 0.15) is 0 Å². The Morgan fingerprint density at radius 2 is 2.14 bits per heavy atom. The summed E-state index contributed by atoms with van der Waals surface area (Å²) in [7, 11) is 0. The lowest BCUT2D eigenvalue weighted by atomic mass is 10.4. The second kappa shape index (κ2) is 1.40. The van der Waals surface area contributed by atoms with Crippen molar-refractivity contribution in [2.24, 2.45) is 11.1 Å². The molecule has 0 bridgehead atoms. The van der Waals surface area contributed by atoms with Gasteiger partial charge in [0.15, 0.2) is 0 Å². The van der Waals surface area contributed by atoms with Crippen molar-refractivity contribution in [1.29, 1.82) is 0 Å². The molecule has 0 heterocycles. The average molecular weight is 99.1 g/mol. The maximum Gasteiger partial charge on any atom is 0.289 e. The van der Waals surface area contributed by atoms with E-state index in [0.717, 1.165) is 12.8 Å². The molecular weight excluding hydrogens is 94.0 g/mol. The predicted octanol–water partition coefficient (Wildman–Crippen LogP) is 0.689. The van der Waals surface area contributed by atoms with Gasteiger partial charge in [-0.15, -0.1) is 4.91 Å². The highest BCUT2D eigenvalue weighted by Gasteiger charge is 2.30. The molecule has 3 nitrogen and oxygen atoms in total. The Morgan fingerprint density at radius 1 is 1.57 bits per heavy atom. The first-order valence-corrected chi connectivity index (χ1v) is 2.22. The highest BCUT2D eigenvalue weighted by atomic mass is 16.3. The fourth-order valence-electron chi connectivity index (χ4n) is 0.405. The lowest BCUT2D eigenvalue weighted by molar-refractivity contribution is -0.119. The van der Waals surface area contributed by atoms with Gasteiger partial charge in [0.2, 0.25) is 0 Å². The van der Waals surface area contributed by atoms with Gasteiger partial charge in [-0.2, -0.15) is 0 Å². The first-order valence-electron chi connectivity index (χ1n) is 2.22. The fraction of sp³-hybridized carbons (Fsp3) is 0.750. The number of hydrogen-bond donors (Lipinski definition) is 0. The minimum atomic E-state index is -0.472. The van der Waals surface area contributed by atoms with Gasteiger partial charge in [-0.25, -0.2) is 0 Å². The summed E-state index contributed by atoms with van der Waals surface area (Å²) in [5.41, 5.74) is 0. The number of rotatable bonds is 1. The van der Waals surface area contributed by atoms with Crippen LogP contribution in [0.25, 0.3) is 0 Å². The second-order valence-electron chi connectivity index (χ2n) is 1.70. The molecule has 0 N–H and O–H groups in total. The molecule has 3 heteroatoms. The third-order valence-electron chi connectivity index (χ3n) is 1.02. The van der Waals surface area contributed by atoms with Crippen molar-refractivity contribution >= 4 is 5.91 Å². The van der Waals surface area contributed by atoms with Crippen LogP contribution >= 0.6 is 0 Å². The van der Waals surface area contributed by atoms with Crippen LogP contribution in [0.15, 0.2) is 5.18 Å². The van der Waals surface area contributed by atoms with Crippen LogP contribution in [-0.2, 0) is 4.79 Å². The van der Waals surface area contributed by atoms with E-state index >= 15 is 0 Å². The highest BCUT2D eigenvalue weighted by molar-refractivity contribution is 5.81. The molecule has 1 rings (SSSR count). The molecule has 0 radical (unpaired) electrons. The Labute approximate surface area is 40.7 Å². The van der Waals surface area contributed by atoms with Gasteiger partial charge in [-0.05, 0) is 12.8 Å². The lowest BCUT2D eigenvalue weighted by Gasteiger charge is -1.73. The summed E-state index contributed by atoms with van der Waals surface area (Å²) in [5, 5.41) is 2.26. The maximum absolute atomic E-state index is 10.1. The zero-order chi connectivity index (χ0) is 5.28. The molecule has 0 saturated heterocycles. The quantitative estimate of drug-likeness (QED) is 0.454. The van der Waals surface area contributed by atoms with E-state index in [4.69, 9.17) is 0 Å². The van der Waals surface area contributed by atoms with Crippen LogP contribution in [0.4, 0.5) is 0 Å². The number of amides is 1. The molecule has 0 atom stereocenters. The molecular formula is C4H5NO2. The topological polar surface area (TPSA) is 46.5 Å². The van der Waals surface area contributed by atoms with Gasteiger partial charge in [-0.1, -0.05) is 0 Å². The summed E-state index contributed by atoms with van der Waals surface area (Å²) in [6.45, 7) is 0. The van der Waals surface area contributed by atoms with Crippen molar-refractivity contribution in [2.75, 3.05) is 0 Å². The summed E-state index contributed by atoms with van der Waals surface area (Å²) >= 11 is 0. The molecule has 0 aromatic carbocycles. The Morgan fingerprint density at radius 3 is 2.29 bits per heavy atom. The number of carbonyl (C=O) groups excluding carboxylic acids is 1. The van der Waals surface area contributed by atoms with Crippen LogP contribution in [0.3, 0.4) is 0 Å². The number of hydrogen-bond acceptors (Lipinski definition) is 2. The normalized spacial score (nSPS) is 18.9.